The fourth-order valence-corrected chi connectivity index (χ4v) is 2.75. The Kier molecular flexibility index (Phi) is 3.78. The molecule has 1 fully saturated rings. The van der Waals surface area contributed by atoms with Gasteiger partial charge in [-0.25, -0.2) is 0 Å². The molecule has 1 aromatic heterocycles. The van der Waals surface area contributed by atoms with Crippen LogP contribution in [0, 0.1) is 0 Å². The number of hydrogen-bond donors (Lipinski definition) is 1. The summed E-state index contributed by atoms with van der Waals surface area (Å²) in [5.41, 5.74) is 7.28. The molecule has 1 heterocycles. The molecule has 0 aromatic carbocycles. The Hall–Kier alpha value is -0.380. The van der Waals surface area contributed by atoms with E-state index in [0.717, 1.165) is 25.6 Å². The highest BCUT2D eigenvalue weighted by molar-refractivity contribution is 7.07. The molecule has 1 aliphatic rings. The van der Waals surface area contributed by atoms with Crippen LogP contribution in [0.4, 0.5) is 0 Å². The zero-order chi connectivity index (χ0) is 10.7. The monoisotopic (exact) mass is 224 g/mol. The quantitative estimate of drug-likeness (QED) is 0.804. The van der Waals surface area contributed by atoms with Gasteiger partial charge in [-0.3, -0.25) is 4.90 Å². The zero-order valence-corrected chi connectivity index (χ0v) is 10.2. The van der Waals surface area contributed by atoms with Crippen LogP contribution in [0.15, 0.2) is 16.8 Å². The van der Waals surface area contributed by atoms with E-state index in [1.54, 1.807) is 11.3 Å². The SMILES string of the molecule is CCC(CN)N(Cc1ccsc1)C1CC1. The average molecular weight is 224 g/mol. The summed E-state index contributed by atoms with van der Waals surface area (Å²) < 4.78 is 0. The lowest BCUT2D eigenvalue weighted by molar-refractivity contribution is 0.176. The smallest absolute Gasteiger partial charge is 0.0248 e. The molecule has 0 radical (unpaired) electrons. The van der Waals surface area contributed by atoms with Crippen LogP contribution < -0.4 is 5.73 Å². The second-order valence-electron chi connectivity index (χ2n) is 4.33. The molecule has 0 aliphatic heterocycles. The van der Waals surface area contributed by atoms with E-state index in [2.05, 4.69) is 28.7 Å². The molecule has 15 heavy (non-hydrogen) atoms. The van der Waals surface area contributed by atoms with E-state index in [1.807, 2.05) is 0 Å². The van der Waals surface area contributed by atoms with Crippen molar-refractivity contribution in [3.8, 4) is 0 Å². The van der Waals surface area contributed by atoms with Gasteiger partial charge in [-0.2, -0.15) is 11.3 Å². The summed E-state index contributed by atoms with van der Waals surface area (Å²) in [6.07, 6.45) is 3.89. The second-order valence-corrected chi connectivity index (χ2v) is 5.11. The van der Waals surface area contributed by atoms with Gasteiger partial charge in [0.05, 0.1) is 0 Å². The molecule has 1 atom stereocenters. The van der Waals surface area contributed by atoms with Crippen LogP contribution in [0.5, 0.6) is 0 Å². The van der Waals surface area contributed by atoms with Crippen LogP contribution in [0.25, 0.3) is 0 Å². The molecule has 1 aromatic rings. The van der Waals surface area contributed by atoms with Gasteiger partial charge in [-0.05, 0) is 41.7 Å². The topological polar surface area (TPSA) is 29.3 Å². The van der Waals surface area contributed by atoms with Gasteiger partial charge in [0.25, 0.3) is 0 Å². The Morgan fingerprint density at radius 3 is 2.87 bits per heavy atom. The molecule has 1 unspecified atom stereocenters. The molecular weight excluding hydrogens is 204 g/mol. The fourth-order valence-electron chi connectivity index (χ4n) is 2.09. The maximum atomic E-state index is 5.84. The molecule has 1 aliphatic carbocycles. The highest BCUT2D eigenvalue weighted by Gasteiger charge is 2.32. The minimum atomic E-state index is 0.567. The summed E-state index contributed by atoms with van der Waals surface area (Å²) in [7, 11) is 0. The van der Waals surface area contributed by atoms with E-state index >= 15 is 0 Å². The normalized spacial score (nSPS) is 18.3. The van der Waals surface area contributed by atoms with E-state index in [9.17, 15) is 0 Å². The van der Waals surface area contributed by atoms with Gasteiger partial charge in [0.2, 0.25) is 0 Å². The van der Waals surface area contributed by atoms with E-state index in [1.165, 1.54) is 18.4 Å². The summed E-state index contributed by atoms with van der Waals surface area (Å²) in [6.45, 7) is 4.11. The second kappa shape index (κ2) is 5.10. The lowest BCUT2D eigenvalue weighted by Crippen LogP contribution is -2.41. The molecule has 0 saturated heterocycles. The first-order chi connectivity index (χ1) is 7.35. The molecule has 2 nitrogen and oxygen atoms in total. The highest BCUT2D eigenvalue weighted by Crippen LogP contribution is 2.31. The summed E-state index contributed by atoms with van der Waals surface area (Å²) in [6, 6.07) is 3.60. The lowest BCUT2D eigenvalue weighted by Gasteiger charge is -2.30. The Labute approximate surface area is 96.1 Å². The fraction of sp³-hybridized carbons (Fsp3) is 0.667. The molecule has 2 N–H and O–H groups in total. The molecule has 2 rings (SSSR count). The number of nitrogens with two attached hydrogens (primary N) is 1. The van der Waals surface area contributed by atoms with Crippen molar-refractivity contribution >= 4 is 11.3 Å². The molecule has 3 heteroatoms. The Morgan fingerprint density at radius 1 is 1.60 bits per heavy atom. The van der Waals surface area contributed by atoms with Crippen molar-refractivity contribution in [1.82, 2.24) is 4.90 Å². The molecule has 84 valence electrons. The van der Waals surface area contributed by atoms with Crippen LogP contribution in [0.1, 0.15) is 31.7 Å². The molecule has 0 spiro atoms. The maximum absolute atomic E-state index is 5.84. The van der Waals surface area contributed by atoms with Crippen LogP contribution in [0.2, 0.25) is 0 Å². The first kappa shape index (κ1) is 11.1. The zero-order valence-electron chi connectivity index (χ0n) is 9.36. The number of rotatable bonds is 6. The number of nitrogens with zero attached hydrogens (tertiary/aromatic N) is 1. The molecule has 0 amide bonds. The first-order valence-electron chi connectivity index (χ1n) is 5.82. The third-order valence-electron chi connectivity index (χ3n) is 3.17. The minimum Gasteiger partial charge on any atom is -0.329 e. The molecule has 0 bridgehead atoms. The number of hydrogen-bond acceptors (Lipinski definition) is 3. The van der Waals surface area contributed by atoms with Gasteiger partial charge in [0, 0.05) is 25.2 Å². The Morgan fingerprint density at radius 2 is 2.40 bits per heavy atom. The third-order valence-corrected chi connectivity index (χ3v) is 3.91. The minimum absolute atomic E-state index is 0.567. The largest absolute Gasteiger partial charge is 0.329 e. The summed E-state index contributed by atoms with van der Waals surface area (Å²) in [5, 5.41) is 4.41. The van der Waals surface area contributed by atoms with E-state index in [-0.39, 0.29) is 0 Å². The van der Waals surface area contributed by atoms with Crippen LogP contribution in [0.3, 0.4) is 0 Å². The predicted octanol–water partition coefficient (Wildman–Crippen LogP) is 2.45. The predicted molar refractivity (Wildman–Crippen MR) is 66.0 cm³/mol. The van der Waals surface area contributed by atoms with E-state index < -0.39 is 0 Å². The highest BCUT2D eigenvalue weighted by atomic mass is 32.1. The van der Waals surface area contributed by atoms with Gasteiger partial charge in [-0.1, -0.05) is 6.92 Å². The summed E-state index contributed by atoms with van der Waals surface area (Å²) in [4.78, 5) is 2.60. The molecular formula is C12H20N2S. The van der Waals surface area contributed by atoms with E-state index in [0.29, 0.717) is 6.04 Å². The first-order valence-corrected chi connectivity index (χ1v) is 6.76. The molecule has 1 saturated carbocycles. The van der Waals surface area contributed by atoms with Gasteiger partial charge >= 0.3 is 0 Å². The summed E-state index contributed by atoms with van der Waals surface area (Å²) in [5.74, 6) is 0. The van der Waals surface area contributed by atoms with Gasteiger partial charge in [0.15, 0.2) is 0 Å². The maximum Gasteiger partial charge on any atom is 0.0248 e. The average Bonchev–Trinajstić information content (AvgIpc) is 2.97. The van der Waals surface area contributed by atoms with Crippen molar-refractivity contribution in [3.05, 3.63) is 22.4 Å². The van der Waals surface area contributed by atoms with Crippen molar-refractivity contribution < 1.29 is 0 Å². The lowest BCUT2D eigenvalue weighted by atomic mass is 10.1. The van der Waals surface area contributed by atoms with Crippen molar-refractivity contribution in [1.29, 1.82) is 0 Å². The third kappa shape index (κ3) is 2.80. The number of thiophene rings is 1. The van der Waals surface area contributed by atoms with Gasteiger partial charge < -0.3 is 5.73 Å². The Balaban J connectivity index is 1.99. The van der Waals surface area contributed by atoms with Crippen molar-refractivity contribution in [2.45, 2.75) is 44.8 Å². The van der Waals surface area contributed by atoms with Crippen molar-refractivity contribution in [2.24, 2.45) is 5.73 Å². The Bertz CT molecular complexity index is 276. The van der Waals surface area contributed by atoms with Crippen molar-refractivity contribution in [3.63, 3.8) is 0 Å². The van der Waals surface area contributed by atoms with Gasteiger partial charge in [-0.15, -0.1) is 0 Å². The van der Waals surface area contributed by atoms with Crippen LogP contribution >= 0.6 is 11.3 Å². The van der Waals surface area contributed by atoms with Crippen LogP contribution in [-0.4, -0.2) is 23.5 Å². The van der Waals surface area contributed by atoms with E-state index in [4.69, 9.17) is 5.73 Å². The van der Waals surface area contributed by atoms with Gasteiger partial charge in [0.1, 0.15) is 0 Å². The van der Waals surface area contributed by atoms with Crippen LogP contribution in [-0.2, 0) is 6.54 Å². The summed E-state index contributed by atoms with van der Waals surface area (Å²) >= 11 is 1.78. The van der Waals surface area contributed by atoms with Crippen molar-refractivity contribution in [2.75, 3.05) is 6.54 Å². The standard InChI is InChI=1S/C12H20N2S/c1-2-11(7-13)14(12-3-4-12)8-10-5-6-15-9-10/h5-6,9,11-12H,2-4,7-8,13H2,1H3.